The van der Waals surface area contributed by atoms with Gasteiger partial charge in [-0.2, -0.15) is 0 Å². The van der Waals surface area contributed by atoms with E-state index < -0.39 is 0 Å². The van der Waals surface area contributed by atoms with Crippen molar-refractivity contribution < 1.29 is 0 Å². The molecular weight excluding hydrogens is 427 g/mol. The predicted octanol–water partition coefficient (Wildman–Crippen LogP) is 2.46. The number of guanidine groups is 1. The highest BCUT2D eigenvalue weighted by Gasteiger charge is 2.21. The van der Waals surface area contributed by atoms with E-state index in [1.54, 1.807) is 6.33 Å². The van der Waals surface area contributed by atoms with Crippen molar-refractivity contribution in [3.63, 3.8) is 0 Å². The van der Waals surface area contributed by atoms with Gasteiger partial charge in [-0.05, 0) is 30.7 Å². The van der Waals surface area contributed by atoms with Gasteiger partial charge in [0.2, 0.25) is 0 Å². The Morgan fingerprint density at radius 1 is 1.24 bits per heavy atom. The van der Waals surface area contributed by atoms with Crippen LogP contribution in [-0.2, 0) is 20.0 Å². The number of aryl methyl sites for hydroxylation is 1. The second kappa shape index (κ2) is 9.74. The molecule has 0 amide bonds. The standard InChI is InChI=1S/C18H26N6.HI/c1-19-18(20-13-17-22-21-14-23(17)2)24-10-8-16(9-11-24)12-15-6-4-3-5-7-15;/h3-7,14,16H,8-13H2,1-2H3,(H,19,20);1H. The Hall–Kier alpha value is -1.64. The minimum Gasteiger partial charge on any atom is -0.349 e. The molecule has 0 unspecified atom stereocenters. The van der Waals surface area contributed by atoms with Gasteiger partial charge in [0.05, 0.1) is 6.54 Å². The summed E-state index contributed by atoms with van der Waals surface area (Å²) in [6.07, 6.45) is 5.31. The monoisotopic (exact) mass is 454 g/mol. The van der Waals surface area contributed by atoms with Crippen molar-refractivity contribution in [2.75, 3.05) is 20.1 Å². The number of benzene rings is 1. The summed E-state index contributed by atoms with van der Waals surface area (Å²) in [4.78, 5) is 6.77. The van der Waals surface area contributed by atoms with E-state index in [0.717, 1.165) is 30.8 Å². The highest BCUT2D eigenvalue weighted by atomic mass is 127. The molecule has 1 aliphatic heterocycles. The molecular formula is C18H27IN6. The van der Waals surface area contributed by atoms with Crippen LogP contribution >= 0.6 is 24.0 Å². The number of halogens is 1. The van der Waals surface area contributed by atoms with Crippen LogP contribution in [0, 0.1) is 5.92 Å². The van der Waals surface area contributed by atoms with E-state index in [0.29, 0.717) is 6.54 Å². The third-order valence-corrected chi connectivity index (χ3v) is 4.70. The van der Waals surface area contributed by atoms with Crippen molar-refractivity contribution in [3.05, 3.63) is 48.0 Å². The van der Waals surface area contributed by atoms with Gasteiger partial charge in [-0.3, -0.25) is 4.99 Å². The summed E-state index contributed by atoms with van der Waals surface area (Å²) in [6, 6.07) is 10.8. The van der Waals surface area contributed by atoms with Crippen LogP contribution in [0.4, 0.5) is 0 Å². The first kappa shape index (κ1) is 19.7. The number of aromatic nitrogens is 3. The average molecular weight is 454 g/mol. The minimum atomic E-state index is 0. The zero-order valence-electron chi connectivity index (χ0n) is 14.9. The molecule has 6 nitrogen and oxygen atoms in total. The lowest BCUT2D eigenvalue weighted by Gasteiger charge is -2.34. The second-order valence-electron chi connectivity index (χ2n) is 6.38. The third kappa shape index (κ3) is 5.42. The fourth-order valence-corrected chi connectivity index (χ4v) is 3.25. The van der Waals surface area contributed by atoms with Crippen LogP contribution in [0.15, 0.2) is 41.7 Å². The van der Waals surface area contributed by atoms with Crippen LogP contribution in [0.25, 0.3) is 0 Å². The molecule has 0 saturated carbocycles. The number of piperidine rings is 1. The van der Waals surface area contributed by atoms with E-state index >= 15 is 0 Å². The molecule has 3 rings (SSSR count). The Kier molecular flexibility index (Phi) is 7.67. The molecule has 0 atom stereocenters. The fourth-order valence-electron chi connectivity index (χ4n) is 3.25. The van der Waals surface area contributed by atoms with Gasteiger partial charge >= 0.3 is 0 Å². The number of likely N-dealkylation sites (tertiary alicyclic amines) is 1. The maximum absolute atomic E-state index is 4.42. The van der Waals surface area contributed by atoms with Crippen LogP contribution in [0.5, 0.6) is 0 Å². The maximum atomic E-state index is 4.42. The Morgan fingerprint density at radius 3 is 2.56 bits per heavy atom. The Morgan fingerprint density at radius 2 is 1.96 bits per heavy atom. The van der Waals surface area contributed by atoms with Crippen molar-refractivity contribution in [1.82, 2.24) is 25.0 Å². The van der Waals surface area contributed by atoms with Crippen molar-refractivity contribution in [2.45, 2.75) is 25.8 Å². The highest BCUT2D eigenvalue weighted by Crippen LogP contribution is 2.21. The summed E-state index contributed by atoms with van der Waals surface area (Å²) in [5.41, 5.74) is 1.45. The average Bonchev–Trinajstić information content (AvgIpc) is 3.03. The molecule has 2 heterocycles. The Balaban J connectivity index is 0.00000225. The fraction of sp³-hybridized carbons (Fsp3) is 0.500. The summed E-state index contributed by atoms with van der Waals surface area (Å²) in [6.45, 7) is 2.75. The molecule has 0 bridgehead atoms. The molecule has 1 saturated heterocycles. The van der Waals surface area contributed by atoms with Gasteiger partial charge in [0.25, 0.3) is 0 Å². The first-order valence-electron chi connectivity index (χ1n) is 8.58. The maximum Gasteiger partial charge on any atom is 0.194 e. The molecule has 1 aromatic heterocycles. The molecule has 25 heavy (non-hydrogen) atoms. The van der Waals surface area contributed by atoms with E-state index in [1.807, 2.05) is 18.7 Å². The van der Waals surface area contributed by atoms with Crippen LogP contribution in [0.2, 0.25) is 0 Å². The SMILES string of the molecule is CN=C(NCc1nncn1C)N1CCC(Cc2ccccc2)CC1.I. The van der Waals surface area contributed by atoms with E-state index in [9.17, 15) is 0 Å². The Labute approximate surface area is 166 Å². The number of nitrogens with one attached hydrogen (secondary N) is 1. The molecule has 136 valence electrons. The molecule has 1 aromatic carbocycles. The van der Waals surface area contributed by atoms with E-state index in [4.69, 9.17) is 0 Å². The molecule has 0 radical (unpaired) electrons. The number of rotatable bonds is 4. The molecule has 1 aliphatic rings. The molecule has 2 aromatic rings. The van der Waals surface area contributed by atoms with Gasteiger partial charge in [0.1, 0.15) is 6.33 Å². The smallest absolute Gasteiger partial charge is 0.194 e. The van der Waals surface area contributed by atoms with Crippen molar-refractivity contribution in [3.8, 4) is 0 Å². The number of aliphatic imine (C=N–C) groups is 1. The minimum absolute atomic E-state index is 0. The van der Waals surface area contributed by atoms with Crippen LogP contribution in [0.3, 0.4) is 0 Å². The lowest BCUT2D eigenvalue weighted by atomic mass is 9.90. The summed E-state index contributed by atoms with van der Waals surface area (Å²) >= 11 is 0. The van der Waals surface area contributed by atoms with Gasteiger partial charge in [0, 0.05) is 27.2 Å². The topological polar surface area (TPSA) is 58.3 Å². The van der Waals surface area contributed by atoms with Gasteiger partial charge in [-0.1, -0.05) is 30.3 Å². The van der Waals surface area contributed by atoms with E-state index in [-0.39, 0.29) is 24.0 Å². The zero-order chi connectivity index (χ0) is 16.8. The van der Waals surface area contributed by atoms with Crippen molar-refractivity contribution >= 4 is 29.9 Å². The first-order valence-corrected chi connectivity index (χ1v) is 8.58. The van der Waals surface area contributed by atoms with Crippen molar-refractivity contribution in [1.29, 1.82) is 0 Å². The summed E-state index contributed by atoms with van der Waals surface area (Å²) in [7, 11) is 3.80. The molecule has 1 fully saturated rings. The summed E-state index contributed by atoms with van der Waals surface area (Å²) in [5, 5.41) is 11.4. The van der Waals surface area contributed by atoms with Gasteiger partial charge in [-0.25, -0.2) is 0 Å². The van der Waals surface area contributed by atoms with E-state index in [2.05, 4.69) is 55.7 Å². The summed E-state index contributed by atoms with van der Waals surface area (Å²) in [5.74, 6) is 2.63. The lowest BCUT2D eigenvalue weighted by Crippen LogP contribution is -2.45. The normalized spacial score (nSPS) is 15.8. The first-order chi connectivity index (χ1) is 11.8. The predicted molar refractivity (Wildman–Crippen MR) is 111 cm³/mol. The van der Waals surface area contributed by atoms with Gasteiger partial charge in [0.15, 0.2) is 11.8 Å². The molecule has 1 N–H and O–H groups in total. The zero-order valence-corrected chi connectivity index (χ0v) is 17.3. The Bertz CT molecular complexity index is 661. The third-order valence-electron chi connectivity index (χ3n) is 4.70. The van der Waals surface area contributed by atoms with Crippen LogP contribution in [0.1, 0.15) is 24.2 Å². The van der Waals surface area contributed by atoms with E-state index in [1.165, 1.54) is 24.8 Å². The largest absolute Gasteiger partial charge is 0.349 e. The van der Waals surface area contributed by atoms with Crippen LogP contribution < -0.4 is 5.32 Å². The molecule has 7 heteroatoms. The van der Waals surface area contributed by atoms with Gasteiger partial charge in [-0.15, -0.1) is 34.2 Å². The number of hydrogen-bond acceptors (Lipinski definition) is 3. The number of nitrogens with zero attached hydrogens (tertiary/aromatic N) is 5. The quantitative estimate of drug-likeness (QED) is 0.438. The number of hydrogen-bond donors (Lipinski definition) is 1. The van der Waals surface area contributed by atoms with Crippen LogP contribution in [-0.4, -0.2) is 45.8 Å². The van der Waals surface area contributed by atoms with Gasteiger partial charge < -0.3 is 14.8 Å². The molecule has 0 spiro atoms. The highest BCUT2D eigenvalue weighted by molar-refractivity contribution is 14.0. The second-order valence-corrected chi connectivity index (χ2v) is 6.38. The summed E-state index contributed by atoms with van der Waals surface area (Å²) < 4.78 is 1.92. The van der Waals surface area contributed by atoms with Crippen molar-refractivity contribution in [2.24, 2.45) is 18.0 Å². The lowest BCUT2D eigenvalue weighted by molar-refractivity contribution is 0.258. The molecule has 0 aliphatic carbocycles.